The highest BCUT2D eigenvalue weighted by molar-refractivity contribution is 7.92. The summed E-state index contributed by atoms with van der Waals surface area (Å²) in [4.78, 5) is 29.9. The summed E-state index contributed by atoms with van der Waals surface area (Å²) in [6.07, 6.45) is 0.725. The van der Waals surface area contributed by atoms with Crippen molar-refractivity contribution in [1.29, 1.82) is 0 Å². The van der Waals surface area contributed by atoms with E-state index in [-0.39, 0.29) is 5.89 Å². The topological polar surface area (TPSA) is 148 Å². The second-order valence-corrected chi connectivity index (χ2v) is 12.3. The molecule has 3 atom stereocenters. The minimum atomic E-state index is -3.62. The first-order valence-corrected chi connectivity index (χ1v) is 13.7. The molecular formula is C24H35N3O7S. The molecule has 1 aliphatic carbocycles. The lowest BCUT2D eigenvalue weighted by atomic mass is 10.00. The van der Waals surface area contributed by atoms with Gasteiger partial charge in [-0.1, -0.05) is 31.9 Å². The van der Waals surface area contributed by atoms with Crippen LogP contribution >= 0.6 is 0 Å². The number of carbonyl (C=O) groups is 2. The van der Waals surface area contributed by atoms with E-state index < -0.39 is 56.6 Å². The van der Waals surface area contributed by atoms with Crippen molar-refractivity contribution in [3.63, 3.8) is 0 Å². The highest BCUT2D eigenvalue weighted by Crippen LogP contribution is 2.28. The summed E-state index contributed by atoms with van der Waals surface area (Å²) in [6.45, 7) is 6.89. The van der Waals surface area contributed by atoms with Crippen LogP contribution in [-0.2, 0) is 19.4 Å². The Bertz CT molecular complexity index is 1100. The number of fused-ring (bicyclic) bond motifs is 1. The van der Waals surface area contributed by atoms with E-state index >= 15 is 0 Å². The molecule has 1 unspecified atom stereocenters. The molecule has 0 spiro atoms. The minimum Gasteiger partial charge on any atom is -0.444 e. The number of aromatic nitrogens is 1. The summed E-state index contributed by atoms with van der Waals surface area (Å²) in [5.41, 5.74) is 0.240. The Hall–Kier alpha value is -2.66. The Labute approximate surface area is 205 Å². The van der Waals surface area contributed by atoms with Gasteiger partial charge >= 0.3 is 6.09 Å². The maximum absolute atomic E-state index is 13.2. The van der Waals surface area contributed by atoms with E-state index in [1.165, 1.54) is 0 Å². The zero-order valence-corrected chi connectivity index (χ0v) is 21.4. The van der Waals surface area contributed by atoms with Gasteiger partial charge in [-0.05, 0) is 52.2 Å². The number of hydrogen-bond donors (Lipinski definition) is 3. The molecule has 2 amide bonds. The largest absolute Gasteiger partial charge is 0.444 e. The number of nitrogens with one attached hydrogen (secondary N) is 2. The summed E-state index contributed by atoms with van der Waals surface area (Å²) in [5, 5.41) is 15.5. The Morgan fingerprint density at radius 3 is 2.49 bits per heavy atom. The molecule has 1 fully saturated rings. The van der Waals surface area contributed by atoms with Gasteiger partial charge < -0.3 is 24.9 Å². The molecule has 0 bridgehead atoms. The van der Waals surface area contributed by atoms with Crippen LogP contribution < -0.4 is 10.6 Å². The number of carbonyl (C=O) groups excluding carboxylic acids is 2. The predicted molar refractivity (Wildman–Crippen MR) is 130 cm³/mol. The third-order valence-corrected chi connectivity index (χ3v) is 8.12. The summed E-state index contributed by atoms with van der Waals surface area (Å²) in [7, 11) is -3.62. The van der Waals surface area contributed by atoms with E-state index in [4.69, 9.17) is 9.15 Å². The number of aliphatic hydroxyl groups is 1. The van der Waals surface area contributed by atoms with Gasteiger partial charge in [-0.15, -0.1) is 0 Å². The number of sulfone groups is 1. The number of rotatable bonds is 10. The maximum Gasteiger partial charge on any atom is 0.408 e. The molecule has 1 saturated carbocycles. The highest BCUT2D eigenvalue weighted by atomic mass is 32.2. The van der Waals surface area contributed by atoms with Gasteiger partial charge in [-0.25, -0.2) is 18.2 Å². The van der Waals surface area contributed by atoms with Gasteiger partial charge in [0.1, 0.15) is 17.2 Å². The summed E-state index contributed by atoms with van der Waals surface area (Å²) in [5.74, 6) is -1.24. The molecule has 1 aliphatic rings. The first-order chi connectivity index (χ1) is 16.4. The fourth-order valence-electron chi connectivity index (χ4n) is 3.82. The standard InChI is InChI=1S/C24H35N3O7S/c1-5-9-17(20(28)22-26-16-12-6-7-13-19(16)33-22)25-21(29)18(27-23(30)34-24(2,3)4)14-35(31,32)15-10-8-11-15/h6-7,12-13,15,17-18,20,28H,5,8-11,14H2,1-4H3,(H,25,29)(H,27,30)/t17-,18-,20?/m0/s1. The normalized spacial score (nSPS) is 17.3. The van der Waals surface area contributed by atoms with Crippen LogP contribution in [0.4, 0.5) is 4.79 Å². The second kappa shape index (κ2) is 10.9. The second-order valence-electron chi connectivity index (χ2n) is 9.95. The Morgan fingerprint density at radius 2 is 1.91 bits per heavy atom. The molecule has 0 aliphatic heterocycles. The number of oxazole rings is 1. The molecule has 2 aromatic rings. The smallest absolute Gasteiger partial charge is 0.408 e. The molecule has 1 aromatic carbocycles. The Balaban J connectivity index is 1.79. The quantitative estimate of drug-likeness (QED) is 0.443. The fraction of sp³-hybridized carbons (Fsp3) is 0.625. The molecule has 1 aromatic heterocycles. The molecule has 194 valence electrons. The molecule has 0 radical (unpaired) electrons. The number of nitrogens with zero attached hydrogens (tertiary/aromatic N) is 1. The molecule has 3 N–H and O–H groups in total. The molecule has 11 heteroatoms. The van der Waals surface area contributed by atoms with Gasteiger partial charge in [0.05, 0.1) is 17.0 Å². The van der Waals surface area contributed by atoms with Gasteiger partial charge in [0.2, 0.25) is 11.8 Å². The lowest BCUT2D eigenvalue weighted by Gasteiger charge is -2.29. The molecule has 35 heavy (non-hydrogen) atoms. The van der Waals surface area contributed by atoms with E-state index in [0.29, 0.717) is 36.8 Å². The van der Waals surface area contributed by atoms with Crippen molar-refractivity contribution >= 4 is 32.9 Å². The number of ether oxygens (including phenoxy) is 1. The highest BCUT2D eigenvalue weighted by Gasteiger charge is 2.38. The van der Waals surface area contributed by atoms with Crippen LogP contribution in [0, 0.1) is 0 Å². The molecule has 1 heterocycles. The average Bonchev–Trinajstić information content (AvgIpc) is 3.13. The SMILES string of the molecule is CCC[C@H](NC(=O)[C@H](CS(=O)(=O)C1CCC1)NC(=O)OC(C)(C)C)C(O)c1nc2ccccc2o1. The molecule has 3 rings (SSSR count). The number of benzene rings is 1. The number of para-hydroxylation sites is 2. The van der Waals surface area contributed by atoms with Gasteiger partial charge in [0.25, 0.3) is 0 Å². The first-order valence-electron chi connectivity index (χ1n) is 11.9. The van der Waals surface area contributed by atoms with Crippen LogP contribution in [0.3, 0.4) is 0 Å². The molecule has 10 nitrogen and oxygen atoms in total. The first kappa shape index (κ1) is 26.9. The van der Waals surface area contributed by atoms with Gasteiger partial charge in [0.15, 0.2) is 21.5 Å². The lowest BCUT2D eigenvalue weighted by Crippen LogP contribution is -2.55. The summed E-state index contributed by atoms with van der Waals surface area (Å²) in [6, 6.07) is 4.85. The zero-order chi connectivity index (χ0) is 25.8. The lowest BCUT2D eigenvalue weighted by molar-refractivity contribution is -0.124. The van der Waals surface area contributed by atoms with Crippen LogP contribution in [0.1, 0.15) is 71.8 Å². The minimum absolute atomic E-state index is 0.0451. The number of amides is 2. The number of alkyl carbamates (subject to hydrolysis) is 1. The third-order valence-electron chi connectivity index (χ3n) is 5.84. The monoisotopic (exact) mass is 509 g/mol. The van der Waals surface area contributed by atoms with Crippen LogP contribution in [0.5, 0.6) is 0 Å². The van der Waals surface area contributed by atoms with Gasteiger partial charge in [-0.2, -0.15) is 0 Å². The zero-order valence-electron chi connectivity index (χ0n) is 20.6. The maximum atomic E-state index is 13.2. The molecular weight excluding hydrogens is 474 g/mol. The van der Waals surface area contributed by atoms with Crippen LogP contribution in [0.2, 0.25) is 0 Å². The van der Waals surface area contributed by atoms with Crippen LogP contribution in [-0.4, -0.2) is 59.2 Å². The van der Waals surface area contributed by atoms with Crippen molar-refractivity contribution in [3.8, 4) is 0 Å². The molecule has 0 saturated heterocycles. The van der Waals surface area contributed by atoms with E-state index in [1.54, 1.807) is 45.0 Å². The Kier molecular flexibility index (Phi) is 8.42. The fourth-order valence-corrected chi connectivity index (χ4v) is 5.85. The van der Waals surface area contributed by atoms with Crippen molar-refractivity contribution < 1.29 is 32.3 Å². The van der Waals surface area contributed by atoms with Crippen molar-refractivity contribution in [3.05, 3.63) is 30.2 Å². The van der Waals surface area contributed by atoms with Gasteiger partial charge in [-0.3, -0.25) is 4.79 Å². The van der Waals surface area contributed by atoms with E-state index in [1.807, 2.05) is 6.92 Å². The number of aliphatic hydroxyl groups excluding tert-OH is 1. The average molecular weight is 510 g/mol. The Morgan fingerprint density at radius 1 is 1.23 bits per heavy atom. The summed E-state index contributed by atoms with van der Waals surface area (Å²) >= 11 is 0. The van der Waals surface area contributed by atoms with Gasteiger partial charge in [0, 0.05) is 0 Å². The van der Waals surface area contributed by atoms with E-state index in [0.717, 1.165) is 6.42 Å². The third kappa shape index (κ3) is 7.17. The van der Waals surface area contributed by atoms with Crippen LogP contribution in [0.15, 0.2) is 28.7 Å². The van der Waals surface area contributed by atoms with Crippen molar-refractivity contribution in [2.75, 3.05) is 5.75 Å². The number of hydrogen-bond acceptors (Lipinski definition) is 8. The van der Waals surface area contributed by atoms with Crippen molar-refractivity contribution in [1.82, 2.24) is 15.6 Å². The van der Waals surface area contributed by atoms with Crippen molar-refractivity contribution in [2.24, 2.45) is 0 Å². The van der Waals surface area contributed by atoms with Crippen LogP contribution in [0.25, 0.3) is 11.1 Å². The van der Waals surface area contributed by atoms with Crippen molar-refractivity contribution in [2.45, 2.75) is 88.8 Å². The predicted octanol–water partition coefficient (Wildman–Crippen LogP) is 3.01. The van der Waals surface area contributed by atoms with E-state index in [2.05, 4.69) is 15.6 Å². The summed E-state index contributed by atoms with van der Waals surface area (Å²) < 4.78 is 36.5. The van der Waals surface area contributed by atoms with E-state index in [9.17, 15) is 23.1 Å².